The number of benzene rings is 2. The van der Waals surface area contributed by atoms with Crippen LogP contribution >= 0.6 is 0 Å². The normalized spacial score (nSPS) is 11.6. The summed E-state index contributed by atoms with van der Waals surface area (Å²) in [5.74, 6) is -2.80. The first-order valence-electron chi connectivity index (χ1n) is 7.93. The number of fused-ring (bicyclic) bond motifs is 1. The molecule has 27 heavy (non-hydrogen) atoms. The first kappa shape index (κ1) is 18.1. The summed E-state index contributed by atoms with van der Waals surface area (Å²) >= 11 is 0. The number of hydrazone groups is 1. The number of carbonyl (C=O) groups excluding carboxylic acids is 1. The van der Waals surface area contributed by atoms with Crippen molar-refractivity contribution in [2.45, 2.75) is 13.8 Å². The number of aryl methyl sites for hydroxylation is 1. The molecule has 0 unspecified atom stereocenters. The van der Waals surface area contributed by atoms with Gasteiger partial charge in [-0.25, -0.2) is 9.82 Å². The number of hydrogen-bond acceptors (Lipinski definition) is 6. The molecule has 0 aliphatic heterocycles. The maximum atomic E-state index is 13.6. The van der Waals surface area contributed by atoms with Crippen molar-refractivity contribution in [2.24, 2.45) is 5.10 Å². The first-order chi connectivity index (χ1) is 12.8. The van der Waals surface area contributed by atoms with Crippen LogP contribution in [0.1, 0.15) is 28.5 Å². The fourth-order valence-electron chi connectivity index (χ4n) is 2.63. The van der Waals surface area contributed by atoms with Crippen molar-refractivity contribution in [3.05, 3.63) is 59.0 Å². The molecule has 0 saturated heterocycles. The Bertz CT molecular complexity index is 1100. The molecular formula is C19H16FN3O4. The number of phenols is 3. The van der Waals surface area contributed by atoms with Gasteiger partial charge in [0.05, 0.1) is 16.8 Å². The first-order valence-corrected chi connectivity index (χ1v) is 7.93. The van der Waals surface area contributed by atoms with E-state index >= 15 is 0 Å². The van der Waals surface area contributed by atoms with Crippen LogP contribution in [0.25, 0.3) is 10.9 Å². The van der Waals surface area contributed by atoms with Gasteiger partial charge in [0.2, 0.25) is 5.75 Å². The summed E-state index contributed by atoms with van der Waals surface area (Å²) in [5.41, 5.74) is 3.92. The second-order valence-corrected chi connectivity index (χ2v) is 5.94. The van der Waals surface area contributed by atoms with Gasteiger partial charge in [0.15, 0.2) is 11.5 Å². The van der Waals surface area contributed by atoms with Crippen molar-refractivity contribution in [3.8, 4) is 17.2 Å². The van der Waals surface area contributed by atoms with Crippen LogP contribution in [-0.2, 0) is 0 Å². The minimum atomic E-state index is -0.681. The lowest BCUT2D eigenvalue weighted by Crippen LogP contribution is -2.20. The molecule has 1 aromatic heterocycles. The van der Waals surface area contributed by atoms with Crippen molar-refractivity contribution >= 4 is 22.5 Å². The lowest BCUT2D eigenvalue weighted by Gasteiger charge is -2.09. The largest absolute Gasteiger partial charge is 0.504 e. The van der Waals surface area contributed by atoms with Gasteiger partial charge < -0.3 is 15.3 Å². The van der Waals surface area contributed by atoms with Gasteiger partial charge in [-0.05, 0) is 50.2 Å². The van der Waals surface area contributed by atoms with E-state index in [1.807, 2.05) is 0 Å². The number of rotatable bonds is 3. The van der Waals surface area contributed by atoms with Crippen molar-refractivity contribution < 1.29 is 24.5 Å². The molecule has 0 spiro atoms. The van der Waals surface area contributed by atoms with Crippen molar-refractivity contribution in [3.63, 3.8) is 0 Å². The van der Waals surface area contributed by atoms with Crippen molar-refractivity contribution in [2.75, 3.05) is 0 Å². The molecule has 4 N–H and O–H groups in total. The Morgan fingerprint density at radius 3 is 2.56 bits per heavy atom. The van der Waals surface area contributed by atoms with Gasteiger partial charge in [-0.1, -0.05) is 0 Å². The number of amides is 1. The van der Waals surface area contributed by atoms with Crippen LogP contribution in [0.3, 0.4) is 0 Å². The van der Waals surface area contributed by atoms with E-state index in [4.69, 9.17) is 0 Å². The summed E-state index contributed by atoms with van der Waals surface area (Å²) < 4.78 is 13.6. The quantitative estimate of drug-likeness (QED) is 0.322. The number of pyridine rings is 1. The number of carbonyl (C=O) groups is 1. The van der Waals surface area contributed by atoms with E-state index in [-0.39, 0.29) is 16.8 Å². The highest BCUT2D eigenvalue weighted by Gasteiger charge is 2.15. The predicted molar refractivity (Wildman–Crippen MR) is 97.6 cm³/mol. The average molecular weight is 369 g/mol. The summed E-state index contributed by atoms with van der Waals surface area (Å²) in [4.78, 5) is 16.8. The number of nitrogens with one attached hydrogen (secondary N) is 1. The maximum absolute atomic E-state index is 13.6. The fraction of sp³-hybridized carbons (Fsp3) is 0.105. The third-order valence-corrected chi connectivity index (χ3v) is 3.99. The van der Waals surface area contributed by atoms with Gasteiger partial charge in [0, 0.05) is 16.6 Å². The van der Waals surface area contributed by atoms with Gasteiger partial charge in [0.1, 0.15) is 5.82 Å². The molecule has 0 saturated carbocycles. The second kappa shape index (κ2) is 6.91. The number of hydrogen-bond donors (Lipinski definition) is 4. The van der Waals surface area contributed by atoms with Crippen molar-refractivity contribution in [1.29, 1.82) is 0 Å². The molecule has 1 amide bonds. The number of aromatic hydroxyl groups is 3. The monoisotopic (exact) mass is 369 g/mol. The lowest BCUT2D eigenvalue weighted by molar-refractivity contribution is 0.0956. The van der Waals surface area contributed by atoms with Gasteiger partial charge in [-0.3, -0.25) is 9.78 Å². The van der Waals surface area contributed by atoms with Gasteiger partial charge in [0.25, 0.3) is 5.91 Å². The maximum Gasteiger partial charge on any atom is 0.272 e. The zero-order valence-electron chi connectivity index (χ0n) is 14.5. The highest BCUT2D eigenvalue weighted by molar-refractivity contribution is 6.07. The van der Waals surface area contributed by atoms with E-state index in [1.165, 1.54) is 43.3 Å². The standard InChI is InChI=1S/C19H16FN3O4/c1-9-7-14(13-8-11(20)3-5-15(13)21-9)19(27)23-22-10(2)12-4-6-16(24)18(26)17(12)25/h3-8,24-26H,1-2H3,(H,23,27)/b22-10+. The molecule has 1 heterocycles. The molecule has 0 atom stereocenters. The van der Waals surface area contributed by atoms with Crippen LogP contribution in [0.15, 0.2) is 41.5 Å². The van der Waals surface area contributed by atoms with Crippen LogP contribution in [0, 0.1) is 12.7 Å². The highest BCUT2D eigenvalue weighted by atomic mass is 19.1. The van der Waals surface area contributed by atoms with E-state index in [2.05, 4.69) is 15.5 Å². The highest BCUT2D eigenvalue weighted by Crippen LogP contribution is 2.37. The Morgan fingerprint density at radius 2 is 1.81 bits per heavy atom. The number of aromatic nitrogens is 1. The zero-order chi connectivity index (χ0) is 19.7. The topological polar surface area (TPSA) is 115 Å². The number of halogens is 1. The van der Waals surface area contributed by atoms with E-state index in [1.54, 1.807) is 6.92 Å². The summed E-state index contributed by atoms with van der Waals surface area (Å²) in [6, 6.07) is 8.02. The zero-order valence-corrected chi connectivity index (χ0v) is 14.5. The van der Waals surface area contributed by atoms with E-state index in [0.29, 0.717) is 16.6 Å². The van der Waals surface area contributed by atoms with E-state index in [0.717, 1.165) is 0 Å². The van der Waals surface area contributed by atoms with Gasteiger partial charge >= 0.3 is 0 Å². The Kier molecular flexibility index (Phi) is 4.64. The van der Waals surface area contributed by atoms with Crippen LogP contribution in [0.5, 0.6) is 17.2 Å². The molecule has 0 bridgehead atoms. The van der Waals surface area contributed by atoms with Gasteiger partial charge in [-0.15, -0.1) is 0 Å². The molecule has 138 valence electrons. The lowest BCUT2D eigenvalue weighted by atomic mass is 10.1. The average Bonchev–Trinajstić information content (AvgIpc) is 2.63. The van der Waals surface area contributed by atoms with E-state index in [9.17, 15) is 24.5 Å². The smallest absolute Gasteiger partial charge is 0.272 e. The second-order valence-electron chi connectivity index (χ2n) is 5.94. The molecule has 8 heteroatoms. The third-order valence-electron chi connectivity index (χ3n) is 3.99. The minimum Gasteiger partial charge on any atom is -0.504 e. The summed E-state index contributed by atoms with van der Waals surface area (Å²) in [7, 11) is 0. The van der Waals surface area contributed by atoms with Crippen LogP contribution in [-0.4, -0.2) is 31.9 Å². The number of phenolic OH excluding ortho intramolecular Hbond substituents is 3. The van der Waals surface area contributed by atoms with Crippen LogP contribution < -0.4 is 5.43 Å². The molecule has 3 aromatic rings. The summed E-state index contributed by atoms with van der Waals surface area (Å²) in [5, 5.41) is 33.1. The number of nitrogens with zero attached hydrogens (tertiary/aromatic N) is 2. The molecule has 0 fully saturated rings. The summed E-state index contributed by atoms with van der Waals surface area (Å²) in [6.45, 7) is 3.22. The molecule has 2 aromatic carbocycles. The Balaban J connectivity index is 1.94. The Labute approximate surface area is 153 Å². The summed E-state index contributed by atoms with van der Waals surface area (Å²) in [6.07, 6.45) is 0. The predicted octanol–water partition coefficient (Wildman–Crippen LogP) is 2.95. The fourth-order valence-corrected chi connectivity index (χ4v) is 2.63. The molecule has 3 rings (SSSR count). The molecular weight excluding hydrogens is 353 g/mol. The van der Waals surface area contributed by atoms with Crippen LogP contribution in [0.4, 0.5) is 4.39 Å². The molecule has 0 aliphatic rings. The molecule has 7 nitrogen and oxygen atoms in total. The Morgan fingerprint density at radius 1 is 1.07 bits per heavy atom. The minimum absolute atomic E-state index is 0.132. The third kappa shape index (κ3) is 3.50. The Hall–Kier alpha value is -3.68. The van der Waals surface area contributed by atoms with Crippen molar-refractivity contribution in [1.82, 2.24) is 10.4 Å². The van der Waals surface area contributed by atoms with Crippen LogP contribution in [0.2, 0.25) is 0 Å². The van der Waals surface area contributed by atoms with Gasteiger partial charge in [-0.2, -0.15) is 5.10 Å². The molecule has 0 radical (unpaired) electrons. The van der Waals surface area contributed by atoms with E-state index < -0.39 is 29.0 Å². The SMILES string of the molecule is C/C(=N\NC(=O)c1cc(C)nc2ccc(F)cc12)c1ccc(O)c(O)c1O. The molecule has 0 aliphatic carbocycles.